The standard InChI is InChI=1S/C10H12N2O2/c1-2-8-7-9(13)3-4-10(8)12-11-5-6-14-12/h3-7,11,13H,2H2,1H3. The molecule has 1 aliphatic heterocycles. The maximum Gasteiger partial charge on any atom is 0.139 e. The lowest BCUT2D eigenvalue weighted by Crippen LogP contribution is -2.28. The van der Waals surface area contributed by atoms with Crippen molar-refractivity contribution in [3.05, 3.63) is 36.2 Å². The number of anilines is 1. The molecule has 1 aromatic carbocycles. The number of hydrazine groups is 1. The van der Waals surface area contributed by atoms with Crippen LogP contribution in [-0.2, 0) is 11.3 Å². The lowest BCUT2D eigenvalue weighted by molar-refractivity contribution is 0.221. The summed E-state index contributed by atoms with van der Waals surface area (Å²) in [7, 11) is 0. The van der Waals surface area contributed by atoms with Crippen molar-refractivity contribution in [2.45, 2.75) is 13.3 Å². The molecule has 0 amide bonds. The minimum Gasteiger partial charge on any atom is -0.508 e. The first-order valence-corrected chi connectivity index (χ1v) is 4.51. The zero-order valence-corrected chi connectivity index (χ0v) is 7.90. The van der Waals surface area contributed by atoms with Gasteiger partial charge in [0.1, 0.15) is 17.7 Å². The number of phenols is 1. The fourth-order valence-electron chi connectivity index (χ4n) is 1.40. The number of nitrogens with zero attached hydrogens (tertiary/aromatic N) is 1. The largest absolute Gasteiger partial charge is 0.508 e. The van der Waals surface area contributed by atoms with Gasteiger partial charge in [-0.15, -0.1) is 5.17 Å². The van der Waals surface area contributed by atoms with Gasteiger partial charge in [0.2, 0.25) is 0 Å². The Hall–Kier alpha value is -1.84. The summed E-state index contributed by atoms with van der Waals surface area (Å²) in [4.78, 5) is 5.18. The van der Waals surface area contributed by atoms with E-state index in [1.165, 1.54) is 0 Å². The Balaban J connectivity index is 2.32. The Labute approximate surface area is 82.3 Å². The van der Waals surface area contributed by atoms with E-state index in [1.807, 2.05) is 13.0 Å². The van der Waals surface area contributed by atoms with Gasteiger partial charge in [0.15, 0.2) is 0 Å². The molecule has 0 atom stereocenters. The highest BCUT2D eigenvalue weighted by atomic mass is 16.7. The first-order valence-electron chi connectivity index (χ1n) is 4.51. The number of nitrogens with one attached hydrogen (secondary N) is 1. The van der Waals surface area contributed by atoms with E-state index in [1.54, 1.807) is 29.8 Å². The molecule has 1 aliphatic rings. The number of rotatable bonds is 2. The van der Waals surface area contributed by atoms with Crippen molar-refractivity contribution in [1.82, 2.24) is 5.43 Å². The molecule has 4 nitrogen and oxygen atoms in total. The van der Waals surface area contributed by atoms with Gasteiger partial charge in [-0.25, -0.2) is 0 Å². The summed E-state index contributed by atoms with van der Waals surface area (Å²) in [6.45, 7) is 2.03. The Kier molecular flexibility index (Phi) is 2.18. The Bertz CT molecular complexity index is 355. The van der Waals surface area contributed by atoms with Gasteiger partial charge in [-0.3, -0.25) is 5.43 Å². The van der Waals surface area contributed by atoms with E-state index in [4.69, 9.17) is 4.84 Å². The van der Waals surface area contributed by atoms with Crippen molar-refractivity contribution in [3.8, 4) is 5.75 Å². The molecule has 0 saturated carbocycles. The van der Waals surface area contributed by atoms with Crippen LogP contribution < -0.4 is 10.6 Å². The maximum absolute atomic E-state index is 9.32. The van der Waals surface area contributed by atoms with E-state index < -0.39 is 0 Å². The van der Waals surface area contributed by atoms with E-state index in [-0.39, 0.29) is 5.75 Å². The van der Waals surface area contributed by atoms with Gasteiger partial charge < -0.3 is 9.94 Å². The zero-order valence-electron chi connectivity index (χ0n) is 7.90. The topological polar surface area (TPSA) is 44.7 Å². The minimum atomic E-state index is 0.276. The van der Waals surface area contributed by atoms with Crippen LogP contribution in [0.25, 0.3) is 0 Å². The molecule has 0 saturated heterocycles. The highest BCUT2D eigenvalue weighted by Crippen LogP contribution is 2.25. The fourth-order valence-corrected chi connectivity index (χ4v) is 1.40. The summed E-state index contributed by atoms with van der Waals surface area (Å²) in [5.41, 5.74) is 4.86. The second kappa shape index (κ2) is 3.49. The molecule has 2 N–H and O–H groups in total. The number of hydrogen-bond acceptors (Lipinski definition) is 4. The summed E-state index contributed by atoms with van der Waals surface area (Å²) in [6.07, 6.45) is 4.10. The molecule has 0 bridgehead atoms. The van der Waals surface area contributed by atoms with Crippen LogP contribution in [0, 0.1) is 0 Å². The van der Waals surface area contributed by atoms with Crippen LogP contribution in [0.5, 0.6) is 5.75 Å². The molecule has 0 aromatic heterocycles. The fraction of sp³-hybridized carbons (Fsp3) is 0.200. The van der Waals surface area contributed by atoms with Gasteiger partial charge in [-0.05, 0) is 30.2 Å². The van der Waals surface area contributed by atoms with E-state index in [0.29, 0.717) is 0 Å². The molecule has 0 spiro atoms. The Morgan fingerprint density at radius 2 is 2.36 bits per heavy atom. The molecule has 0 aliphatic carbocycles. The SMILES string of the molecule is CCc1cc(O)ccc1N1NC=CO1. The van der Waals surface area contributed by atoms with Gasteiger partial charge >= 0.3 is 0 Å². The van der Waals surface area contributed by atoms with E-state index in [2.05, 4.69) is 5.43 Å². The van der Waals surface area contributed by atoms with Gasteiger partial charge in [0.05, 0.1) is 6.20 Å². The van der Waals surface area contributed by atoms with Crippen LogP contribution in [0.4, 0.5) is 5.69 Å². The van der Waals surface area contributed by atoms with Crippen LogP contribution in [-0.4, -0.2) is 5.11 Å². The maximum atomic E-state index is 9.32. The molecular formula is C10H12N2O2. The molecule has 0 fully saturated rings. The third-order valence-electron chi connectivity index (χ3n) is 2.09. The molecule has 0 unspecified atom stereocenters. The summed E-state index contributed by atoms with van der Waals surface area (Å²) in [6, 6.07) is 5.19. The summed E-state index contributed by atoms with van der Waals surface area (Å²) < 4.78 is 0. The third-order valence-corrected chi connectivity index (χ3v) is 2.09. The molecule has 1 heterocycles. The predicted molar refractivity (Wildman–Crippen MR) is 53.3 cm³/mol. The van der Waals surface area contributed by atoms with Crippen LogP contribution >= 0.6 is 0 Å². The van der Waals surface area contributed by atoms with Crippen molar-refractivity contribution >= 4 is 5.69 Å². The first kappa shape index (κ1) is 8.74. The first-order chi connectivity index (χ1) is 6.81. The number of phenolic OH excluding ortho intramolecular Hbond substituents is 1. The molecule has 2 rings (SSSR count). The number of aromatic hydroxyl groups is 1. The van der Waals surface area contributed by atoms with Crippen molar-refractivity contribution in [3.63, 3.8) is 0 Å². The molecule has 4 heteroatoms. The van der Waals surface area contributed by atoms with E-state index >= 15 is 0 Å². The lowest BCUT2D eigenvalue weighted by atomic mass is 10.1. The van der Waals surface area contributed by atoms with Crippen molar-refractivity contribution in [2.75, 3.05) is 5.17 Å². The smallest absolute Gasteiger partial charge is 0.139 e. The summed E-state index contributed by atoms with van der Waals surface area (Å²) in [5.74, 6) is 0.276. The van der Waals surface area contributed by atoms with Crippen molar-refractivity contribution in [1.29, 1.82) is 0 Å². The Morgan fingerprint density at radius 1 is 1.50 bits per heavy atom. The number of hydrogen-bond donors (Lipinski definition) is 2. The quantitative estimate of drug-likeness (QED) is 0.748. The van der Waals surface area contributed by atoms with E-state index in [9.17, 15) is 5.11 Å². The van der Waals surface area contributed by atoms with Crippen LogP contribution in [0.1, 0.15) is 12.5 Å². The van der Waals surface area contributed by atoms with Gasteiger partial charge in [-0.1, -0.05) is 6.92 Å². The predicted octanol–water partition coefficient (Wildman–Crippen LogP) is 1.68. The van der Waals surface area contributed by atoms with Crippen LogP contribution in [0.3, 0.4) is 0 Å². The lowest BCUT2D eigenvalue weighted by Gasteiger charge is -2.19. The summed E-state index contributed by atoms with van der Waals surface area (Å²) in [5, 5.41) is 10.9. The highest BCUT2D eigenvalue weighted by molar-refractivity contribution is 5.54. The monoisotopic (exact) mass is 192 g/mol. The highest BCUT2D eigenvalue weighted by Gasteiger charge is 2.12. The number of benzene rings is 1. The van der Waals surface area contributed by atoms with Gasteiger partial charge in [0, 0.05) is 0 Å². The van der Waals surface area contributed by atoms with Crippen molar-refractivity contribution in [2.24, 2.45) is 0 Å². The average molecular weight is 192 g/mol. The molecule has 74 valence electrons. The second-order valence-corrected chi connectivity index (χ2v) is 3.00. The minimum absolute atomic E-state index is 0.276. The average Bonchev–Trinajstić information content (AvgIpc) is 2.70. The third kappa shape index (κ3) is 1.46. The molecular weight excluding hydrogens is 180 g/mol. The zero-order chi connectivity index (χ0) is 9.97. The number of aryl methyl sites for hydroxylation is 1. The normalized spacial score (nSPS) is 13.9. The summed E-state index contributed by atoms with van der Waals surface area (Å²) >= 11 is 0. The van der Waals surface area contributed by atoms with Crippen LogP contribution in [0.2, 0.25) is 0 Å². The molecule has 14 heavy (non-hydrogen) atoms. The van der Waals surface area contributed by atoms with E-state index in [0.717, 1.165) is 17.7 Å². The second-order valence-electron chi connectivity index (χ2n) is 3.00. The van der Waals surface area contributed by atoms with Gasteiger partial charge in [-0.2, -0.15) is 0 Å². The Morgan fingerprint density at radius 3 is 3.00 bits per heavy atom. The van der Waals surface area contributed by atoms with Crippen molar-refractivity contribution < 1.29 is 9.94 Å². The van der Waals surface area contributed by atoms with Gasteiger partial charge in [0.25, 0.3) is 0 Å². The van der Waals surface area contributed by atoms with Crippen LogP contribution in [0.15, 0.2) is 30.7 Å². The molecule has 0 radical (unpaired) electrons. The molecule has 1 aromatic rings.